The van der Waals surface area contributed by atoms with Crippen molar-refractivity contribution in [2.75, 3.05) is 11.9 Å². The summed E-state index contributed by atoms with van der Waals surface area (Å²) in [4.78, 5) is 12.0. The van der Waals surface area contributed by atoms with Gasteiger partial charge >= 0.3 is 0 Å². The molecule has 1 unspecified atom stereocenters. The first-order valence-corrected chi connectivity index (χ1v) is 5.56. The van der Waals surface area contributed by atoms with Crippen LogP contribution in [0.15, 0.2) is 18.2 Å². The molecule has 0 radical (unpaired) electrons. The molecule has 0 aliphatic carbocycles. The van der Waals surface area contributed by atoms with Crippen LogP contribution < -0.4 is 10.6 Å². The molecule has 0 saturated carbocycles. The maximum absolute atomic E-state index is 13.1. The van der Waals surface area contributed by atoms with Crippen molar-refractivity contribution >= 4 is 11.6 Å². The lowest BCUT2D eigenvalue weighted by Crippen LogP contribution is -2.47. The molecular weight excluding hydrogens is 223 g/mol. The molecule has 92 valence electrons. The number of hydrogen-bond donors (Lipinski definition) is 3. The van der Waals surface area contributed by atoms with Gasteiger partial charge in [-0.15, -0.1) is 0 Å². The molecule has 1 fully saturated rings. The van der Waals surface area contributed by atoms with Gasteiger partial charge < -0.3 is 15.7 Å². The van der Waals surface area contributed by atoms with Gasteiger partial charge in [0.1, 0.15) is 0 Å². The van der Waals surface area contributed by atoms with Gasteiger partial charge in [0.15, 0.2) is 11.6 Å². The van der Waals surface area contributed by atoms with E-state index in [1.165, 1.54) is 12.1 Å². The van der Waals surface area contributed by atoms with Crippen molar-refractivity contribution in [2.24, 2.45) is 0 Å². The molecule has 17 heavy (non-hydrogen) atoms. The van der Waals surface area contributed by atoms with Gasteiger partial charge in [0, 0.05) is 11.8 Å². The van der Waals surface area contributed by atoms with E-state index >= 15 is 0 Å². The monoisotopic (exact) mass is 238 g/mol. The topological polar surface area (TPSA) is 61.4 Å². The highest BCUT2D eigenvalue weighted by molar-refractivity contribution is 5.98. The Morgan fingerprint density at radius 1 is 1.59 bits per heavy atom. The van der Waals surface area contributed by atoms with E-state index in [1.807, 2.05) is 6.92 Å². The molecule has 1 aliphatic heterocycles. The van der Waals surface area contributed by atoms with E-state index in [1.54, 1.807) is 0 Å². The number of halogens is 1. The number of aromatic hydroxyl groups is 1. The Bertz CT molecular complexity index is 442. The third-order valence-electron chi connectivity index (χ3n) is 3.08. The van der Waals surface area contributed by atoms with E-state index in [0.29, 0.717) is 5.69 Å². The van der Waals surface area contributed by atoms with Gasteiger partial charge in [-0.2, -0.15) is 0 Å². The number of nitrogens with one attached hydrogen (secondary N) is 2. The zero-order chi connectivity index (χ0) is 12.5. The molecule has 3 N–H and O–H groups in total. The Labute approximate surface area is 98.8 Å². The zero-order valence-corrected chi connectivity index (χ0v) is 9.59. The number of carbonyl (C=O) groups is 1. The summed E-state index contributed by atoms with van der Waals surface area (Å²) in [7, 11) is 0. The van der Waals surface area contributed by atoms with Crippen molar-refractivity contribution in [3.8, 4) is 5.75 Å². The van der Waals surface area contributed by atoms with Crippen LogP contribution in [0.1, 0.15) is 19.8 Å². The molecule has 2 rings (SSSR count). The van der Waals surface area contributed by atoms with Crippen LogP contribution in [0.5, 0.6) is 5.75 Å². The van der Waals surface area contributed by atoms with Crippen molar-refractivity contribution < 1.29 is 14.3 Å². The largest absolute Gasteiger partial charge is 0.505 e. The normalized spacial score (nSPS) is 23.6. The highest BCUT2D eigenvalue weighted by Crippen LogP contribution is 2.23. The predicted molar refractivity (Wildman–Crippen MR) is 62.3 cm³/mol. The molecular formula is C12H15FN2O2. The van der Waals surface area contributed by atoms with Crippen molar-refractivity contribution in [3.05, 3.63) is 24.0 Å². The summed E-state index contributed by atoms with van der Waals surface area (Å²) in [5.41, 5.74) is -0.241. The van der Waals surface area contributed by atoms with Crippen molar-refractivity contribution in [2.45, 2.75) is 25.3 Å². The fourth-order valence-corrected chi connectivity index (χ4v) is 1.94. The third kappa shape index (κ3) is 2.39. The van der Waals surface area contributed by atoms with E-state index in [0.717, 1.165) is 25.5 Å². The van der Waals surface area contributed by atoms with E-state index in [2.05, 4.69) is 10.6 Å². The minimum absolute atomic E-state index is 0.180. The summed E-state index contributed by atoms with van der Waals surface area (Å²) in [6.07, 6.45) is 1.72. The van der Waals surface area contributed by atoms with Crippen LogP contribution in [-0.2, 0) is 4.79 Å². The molecule has 1 amide bonds. The lowest BCUT2D eigenvalue weighted by Gasteiger charge is -2.23. The summed E-state index contributed by atoms with van der Waals surface area (Å²) < 4.78 is 13.1. The minimum Gasteiger partial charge on any atom is -0.505 e. The standard InChI is InChI=1S/C12H15FN2O2/c1-12(5-2-6-14-12)11(17)15-8-3-4-10(16)9(13)7-8/h3-4,7,14,16H,2,5-6H2,1H3,(H,15,17). The van der Waals surface area contributed by atoms with Crippen molar-refractivity contribution in [3.63, 3.8) is 0 Å². The molecule has 1 heterocycles. The number of hydrogen-bond acceptors (Lipinski definition) is 3. The Balaban J connectivity index is 2.10. The first kappa shape index (κ1) is 11.9. The molecule has 1 aliphatic rings. The van der Waals surface area contributed by atoms with Gasteiger partial charge in [-0.1, -0.05) is 0 Å². The van der Waals surface area contributed by atoms with E-state index in [-0.39, 0.29) is 5.91 Å². The van der Waals surface area contributed by atoms with Gasteiger partial charge in [-0.25, -0.2) is 4.39 Å². The lowest BCUT2D eigenvalue weighted by atomic mass is 9.99. The Hall–Kier alpha value is -1.62. The quantitative estimate of drug-likeness (QED) is 0.686. The smallest absolute Gasteiger partial charge is 0.244 e. The maximum atomic E-state index is 13.1. The zero-order valence-electron chi connectivity index (χ0n) is 9.59. The molecule has 4 nitrogen and oxygen atoms in total. The van der Waals surface area contributed by atoms with Gasteiger partial charge in [-0.3, -0.25) is 4.79 Å². The summed E-state index contributed by atoms with van der Waals surface area (Å²) in [5.74, 6) is -1.35. The number of anilines is 1. The number of benzene rings is 1. The van der Waals surface area contributed by atoms with Gasteiger partial charge in [0.05, 0.1) is 5.54 Å². The Morgan fingerprint density at radius 2 is 2.35 bits per heavy atom. The first-order chi connectivity index (χ1) is 8.01. The molecule has 1 atom stereocenters. The van der Waals surface area contributed by atoms with Crippen LogP contribution in [0.3, 0.4) is 0 Å². The Morgan fingerprint density at radius 3 is 2.94 bits per heavy atom. The van der Waals surface area contributed by atoms with Crippen LogP contribution in [0.25, 0.3) is 0 Å². The highest BCUT2D eigenvalue weighted by Gasteiger charge is 2.35. The lowest BCUT2D eigenvalue weighted by molar-refractivity contribution is -0.121. The van der Waals surface area contributed by atoms with Crippen LogP contribution in [-0.4, -0.2) is 23.1 Å². The summed E-state index contributed by atoms with van der Waals surface area (Å²) in [6.45, 7) is 2.64. The van der Waals surface area contributed by atoms with Gasteiger partial charge in [0.2, 0.25) is 5.91 Å². The summed E-state index contributed by atoms with van der Waals surface area (Å²) >= 11 is 0. The van der Waals surface area contributed by atoms with Gasteiger partial charge in [-0.05, 0) is 38.4 Å². The molecule has 0 spiro atoms. The van der Waals surface area contributed by atoms with Crippen LogP contribution >= 0.6 is 0 Å². The molecule has 0 bridgehead atoms. The van der Waals surface area contributed by atoms with E-state index in [4.69, 9.17) is 5.11 Å². The van der Waals surface area contributed by atoms with Gasteiger partial charge in [0.25, 0.3) is 0 Å². The Kier molecular flexibility index (Phi) is 3.02. The number of carbonyl (C=O) groups excluding carboxylic acids is 1. The number of phenols is 1. The third-order valence-corrected chi connectivity index (χ3v) is 3.08. The second-order valence-electron chi connectivity index (χ2n) is 4.48. The molecule has 0 aromatic heterocycles. The summed E-state index contributed by atoms with van der Waals surface area (Å²) in [5, 5.41) is 14.8. The average Bonchev–Trinajstić information content (AvgIpc) is 2.72. The number of phenolic OH excluding ortho intramolecular Hbond substituents is 1. The maximum Gasteiger partial charge on any atom is 0.244 e. The second kappa shape index (κ2) is 4.33. The van der Waals surface area contributed by atoms with E-state index in [9.17, 15) is 9.18 Å². The first-order valence-electron chi connectivity index (χ1n) is 5.56. The predicted octanol–water partition coefficient (Wildman–Crippen LogP) is 1.61. The molecule has 1 aromatic carbocycles. The molecule has 1 aromatic rings. The molecule has 5 heteroatoms. The SMILES string of the molecule is CC1(C(=O)Nc2ccc(O)c(F)c2)CCCN1. The fourth-order valence-electron chi connectivity index (χ4n) is 1.94. The van der Waals surface area contributed by atoms with Crippen LogP contribution in [0, 0.1) is 5.82 Å². The van der Waals surface area contributed by atoms with Crippen LogP contribution in [0.2, 0.25) is 0 Å². The number of amides is 1. The second-order valence-corrected chi connectivity index (χ2v) is 4.48. The fraction of sp³-hybridized carbons (Fsp3) is 0.417. The van der Waals surface area contributed by atoms with Crippen LogP contribution in [0.4, 0.5) is 10.1 Å². The highest BCUT2D eigenvalue weighted by atomic mass is 19.1. The average molecular weight is 238 g/mol. The van der Waals surface area contributed by atoms with Crippen molar-refractivity contribution in [1.29, 1.82) is 0 Å². The van der Waals surface area contributed by atoms with E-state index < -0.39 is 17.1 Å². The summed E-state index contributed by atoms with van der Waals surface area (Å²) in [6, 6.07) is 3.79. The van der Waals surface area contributed by atoms with Crippen molar-refractivity contribution in [1.82, 2.24) is 5.32 Å². The number of rotatable bonds is 2. The molecule has 1 saturated heterocycles. The minimum atomic E-state index is -0.743.